The molecule has 6 heteroatoms. The minimum atomic E-state index is -0.541. The van der Waals surface area contributed by atoms with Crippen molar-refractivity contribution in [3.8, 4) is 0 Å². The Bertz CT molecular complexity index is 1310. The second-order valence-electron chi connectivity index (χ2n) is 18.0. The maximum Gasteiger partial charge on any atom is 0.312 e. The minimum Gasteiger partial charge on any atom is -0.462 e. The van der Waals surface area contributed by atoms with Gasteiger partial charge < -0.3 is 18.9 Å². The third-order valence-electron chi connectivity index (χ3n) is 16.8. The van der Waals surface area contributed by atoms with E-state index in [1.807, 2.05) is 0 Å². The van der Waals surface area contributed by atoms with Gasteiger partial charge in [-0.1, -0.05) is 6.92 Å². The monoisotopic (exact) mass is 546 g/mol. The van der Waals surface area contributed by atoms with E-state index in [-0.39, 0.29) is 48.2 Å². The molecule has 4 bridgehead atoms. The van der Waals surface area contributed by atoms with Crippen LogP contribution in [-0.2, 0) is 28.5 Å². The number of fused-ring (bicyclic) bond motifs is 4. The van der Waals surface area contributed by atoms with E-state index in [0.717, 1.165) is 55.3 Å². The van der Waals surface area contributed by atoms with Gasteiger partial charge in [0.25, 0.3) is 0 Å². The number of hydrogen-bond acceptors (Lipinski definition) is 6. The van der Waals surface area contributed by atoms with Crippen molar-refractivity contribution in [1.82, 2.24) is 0 Å². The van der Waals surface area contributed by atoms with Crippen LogP contribution < -0.4 is 0 Å². The molecule has 13 fully saturated rings. The average molecular weight is 547 g/mol. The highest BCUT2D eigenvalue weighted by atomic mass is 16.8. The van der Waals surface area contributed by atoms with Crippen molar-refractivity contribution < 1.29 is 28.5 Å². The van der Waals surface area contributed by atoms with Crippen LogP contribution in [0.5, 0.6) is 0 Å². The molecular formula is C34H42O6. The normalized spacial score (nSPS) is 69.0. The Balaban J connectivity index is 0.787. The van der Waals surface area contributed by atoms with Crippen LogP contribution in [-0.4, -0.2) is 43.1 Å². The fraction of sp³-hybridized carbons (Fsp3) is 0.941. The topological polar surface area (TPSA) is 71.1 Å². The van der Waals surface area contributed by atoms with Crippen LogP contribution in [0.3, 0.4) is 0 Å². The molecule has 14 unspecified atom stereocenters. The quantitative estimate of drug-likeness (QED) is 0.442. The Kier molecular flexibility index (Phi) is 3.41. The maximum absolute atomic E-state index is 13.7. The summed E-state index contributed by atoms with van der Waals surface area (Å²) in [5.41, 5.74) is 1.03. The number of rotatable bonds is 6. The van der Waals surface area contributed by atoms with E-state index < -0.39 is 5.79 Å². The van der Waals surface area contributed by atoms with Crippen molar-refractivity contribution in [3.63, 3.8) is 0 Å². The Morgan fingerprint density at radius 3 is 1.95 bits per heavy atom. The van der Waals surface area contributed by atoms with Crippen molar-refractivity contribution in [1.29, 1.82) is 0 Å². The highest BCUT2D eigenvalue weighted by Gasteiger charge is 2.94. The predicted octanol–water partition coefficient (Wildman–Crippen LogP) is 4.88. The number of hydrogen-bond donors (Lipinski definition) is 0. The number of carbonyl (C=O) groups excluding carboxylic acids is 2. The van der Waals surface area contributed by atoms with Gasteiger partial charge in [0.1, 0.15) is 25.4 Å². The van der Waals surface area contributed by atoms with Crippen molar-refractivity contribution in [2.24, 2.45) is 80.3 Å². The predicted molar refractivity (Wildman–Crippen MR) is 139 cm³/mol. The van der Waals surface area contributed by atoms with Crippen LogP contribution in [0.2, 0.25) is 0 Å². The van der Waals surface area contributed by atoms with Crippen molar-refractivity contribution in [2.45, 2.75) is 102 Å². The van der Waals surface area contributed by atoms with Crippen LogP contribution in [0.1, 0.15) is 84.0 Å². The number of esters is 2. The Hall–Kier alpha value is -1.14. The summed E-state index contributed by atoms with van der Waals surface area (Å²) in [6, 6.07) is 0. The summed E-state index contributed by atoms with van der Waals surface area (Å²) >= 11 is 0. The lowest BCUT2D eigenvalue weighted by atomic mass is 9.67. The van der Waals surface area contributed by atoms with Gasteiger partial charge in [-0.3, -0.25) is 9.59 Å². The van der Waals surface area contributed by atoms with Gasteiger partial charge in [0.05, 0.1) is 10.8 Å². The molecule has 15 atom stereocenters. The maximum atomic E-state index is 13.7. The van der Waals surface area contributed by atoms with Crippen molar-refractivity contribution >= 4 is 11.9 Å². The number of ether oxygens (including phenoxy) is 4. The first-order valence-electron chi connectivity index (χ1n) is 17.0. The molecule has 12 aliphatic carbocycles. The minimum absolute atomic E-state index is 0.0193. The fourth-order valence-corrected chi connectivity index (χ4v) is 15.2. The standard InChI is InChI=1S/C34H42O6/c1-29-10-23(29)33-13-26(33)34(25(33)11-29)39-21(14-37-27(35)30-6-16-2-17(7-30)4-18(30)3-16)22(40-34)15-38-28(36)31-8-19-5-20-9-32(19,20)24(31)12-31/h16-26H,2-15H2,1H3/t16?,17?,18?,19?,20?,21?,22?,23?,24?,25?,26?,29?,30?,31?,32?,33?,34-/m1/s1. The molecular weight excluding hydrogens is 504 g/mol. The third kappa shape index (κ3) is 2.14. The summed E-state index contributed by atoms with van der Waals surface area (Å²) in [5, 5.41) is 0. The van der Waals surface area contributed by atoms with Crippen LogP contribution in [0.15, 0.2) is 0 Å². The van der Waals surface area contributed by atoms with Gasteiger partial charge in [-0.15, -0.1) is 0 Å². The Morgan fingerprint density at radius 1 is 0.625 bits per heavy atom. The molecule has 1 aliphatic heterocycles. The van der Waals surface area contributed by atoms with Gasteiger partial charge in [-0.25, -0.2) is 0 Å². The van der Waals surface area contributed by atoms with Crippen LogP contribution in [0, 0.1) is 80.3 Å². The largest absolute Gasteiger partial charge is 0.462 e. The second-order valence-corrected chi connectivity index (χ2v) is 18.0. The van der Waals surface area contributed by atoms with Crippen LogP contribution in [0.4, 0.5) is 0 Å². The van der Waals surface area contributed by atoms with Crippen molar-refractivity contribution in [2.75, 3.05) is 13.2 Å². The van der Waals surface area contributed by atoms with Gasteiger partial charge in [0, 0.05) is 11.8 Å². The zero-order chi connectivity index (χ0) is 26.2. The summed E-state index contributed by atoms with van der Waals surface area (Å²) in [4.78, 5) is 27.2. The lowest BCUT2D eigenvalue weighted by Gasteiger charge is -2.49. The van der Waals surface area contributed by atoms with E-state index in [1.54, 1.807) is 0 Å². The Labute approximate surface area is 235 Å². The lowest BCUT2D eigenvalue weighted by Crippen LogP contribution is -2.56. The molecule has 3 spiro atoms. The smallest absolute Gasteiger partial charge is 0.312 e. The summed E-state index contributed by atoms with van der Waals surface area (Å²) in [7, 11) is 0. The van der Waals surface area contributed by atoms with E-state index in [2.05, 4.69) is 6.92 Å². The average Bonchev–Trinajstić information content (AvgIpc) is 3.86. The van der Waals surface area contributed by atoms with E-state index in [4.69, 9.17) is 18.9 Å². The molecule has 0 aromatic heterocycles. The third-order valence-corrected chi connectivity index (χ3v) is 16.8. The lowest BCUT2D eigenvalue weighted by molar-refractivity contribution is -0.293. The molecule has 0 aromatic rings. The molecule has 0 aromatic carbocycles. The molecule has 1 heterocycles. The number of carbonyl (C=O) groups is 2. The van der Waals surface area contributed by atoms with E-state index in [0.29, 0.717) is 39.9 Å². The van der Waals surface area contributed by atoms with Crippen LogP contribution >= 0.6 is 0 Å². The first-order valence-corrected chi connectivity index (χ1v) is 17.0. The summed E-state index contributed by atoms with van der Waals surface area (Å²) in [6.07, 6.45) is 13.7. The molecule has 13 rings (SSSR count). The first kappa shape index (κ1) is 22.4. The van der Waals surface area contributed by atoms with Crippen molar-refractivity contribution in [3.05, 3.63) is 0 Å². The first-order chi connectivity index (χ1) is 19.3. The molecule has 0 radical (unpaired) electrons. The molecule has 1 saturated heterocycles. The molecule has 13 aliphatic rings. The van der Waals surface area contributed by atoms with Gasteiger partial charge in [0.2, 0.25) is 0 Å². The molecule has 0 N–H and O–H groups in total. The Morgan fingerprint density at radius 2 is 1.27 bits per heavy atom. The SMILES string of the molecule is CC12CC1C13CC1[C@@]1(OC(COC(=O)C45CC6CC(CC4C6)C5)C(COC(=O)C45CC6CC7CC67C4C5)O1)C3C2. The highest BCUT2D eigenvalue weighted by molar-refractivity contribution is 5.82. The van der Waals surface area contributed by atoms with E-state index in [9.17, 15) is 9.59 Å². The second kappa shape index (κ2) is 6.10. The summed E-state index contributed by atoms with van der Waals surface area (Å²) in [5.74, 6) is 5.52. The zero-order valence-electron chi connectivity index (χ0n) is 23.7. The summed E-state index contributed by atoms with van der Waals surface area (Å²) < 4.78 is 26.1. The molecule has 6 nitrogen and oxygen atoms in total. The van der Waals surface area contributed by atoms with Gasteiger partial charge in [-0.05, 0) is 135 Å². The summed E-state index contributed by atoms with van der Waals surface area (Å²) in [6.45, 7) is 2.93. The van der Waals surface area contributed by atoms with Gasteiger partial charge in [-0.2, -0.15) is 0 Å². The van der Waals surface area contributed by atoms with Gasteiger partial charge >= 0.3 is 11.9 Å². The van der Waals surface area contributed by atoms with Crippen LogP contribution in [0.25, 0.3) is 0 Å². The van der Waals surface area contributed by atoms with E-state index in [1.165, 1.54) is 51.4 Å². The zero-order valence-corrected chi connectivity index (χ0v) is 23.7. The highest BCUT2D eigenvalue weighted by Crippen LogP contribution is 2.94. The molecule has 12 saturated carbocycles. The molecule has 40 heavy (non-hydrogen) atoms. The molecule has 214 valence electrons. The fourth-order valence-electron chi connectivity index (χ4n) is 15.2. The molecule has 0 amide bonds. The van der Waals surface area contributed by atoms with Gasteiger partial charge in [0.15, 0.2) is 5.79 Å². The van der Waals surface area contributed by atoms with E-state index >= 15 is 0 Å².